The van der Waals surface area contributed by atoms with Gasteiger partial charge in [0.25, 0.3) is 5.69 Å². The van der Waals surface area contributed by atoms with Crippen LogP contribution in [0.15, 0.2) is 18.2 Å². The third-order valence-corrected chi connectivity index (χ3v) is 3.12. The highest BCUT2D eigenvalue weighted by molar-refractivity contribution is 9.08. The first-order valence-corrected chi connectivity index (χ1v) is 7.31. The molecule has 0 bridgehead atoms. The molecule has 0 amide bonds. The molecule has 0 unspecified atom stereocenters. The molecule has 2 rings (SSSR count). The maximum absolute atomic E-state index is 12.3. The highest BCUT2D eigenvalue weighted by Gasteiger charge is 2.27. The van der Waals surface area contributed by atoms with E-state index in [4.69, 9.17) is 4.74 Å². The smallest absolute Gasteiger partial charge is 0.420 e. The van der Waals surface area contributed by atoms with Gasteiger partial charge in [-0.1, -0.05) is 22.0 Å². The van der Waals surface area contributed by atoms with Crippen LogP contribution in [-0.2, 0) is 10.1 Å². The molecular weight excluding hydrogens is 342 g/mol. The van der Waals surface area contributed by atoms with Crippen LogP contribution in [0.25, 0.3) is 11.0 Å². The Kier molecular flexibility index (Phi) is 3.99. The third-order valence-electron chi connectivity index (χ3n) is 2.62. The number of aromatic nitrogens is 2. The standard InChI is InChI=1S/C13H14BrN3O4/c1-13(2,3)21-12(18)16-10(7-14)15-8-5-4-6-9(11(8)16)17(19)20/h4-6H,7H2,1-3H3. The van der Waals surface area contributed by atoms with E-state index in [0.29, 0.717) is 11.3 Å². The molecule has 112 valence electrons. The SMILES string of the molecule is CC(C)(C)OC(=O)n1c(CBr)nc2cccc([N+](=O)[O-])c21. The summed E-state index contributed by atoms with van der Waals surface area (Å²) in [6.07, 6.45) is -0.686. The molecule has 1 aromatic carbocycles. The molecule has 0 aliphatic rings. The second kappa shape index (κ2) is 5.44. The number of halogens is 1. The summed E-state index contributed by atoms with van der Waals surface area (Å²) in [5, 5.41) is 11.4. The summed E-state index contributed by atoms with van der Waals surface area (Å²) in [4.78, 5) is 27.2. The predicted molar refractivity (Wildman–Crippen MR) is 80.7 cm³/mol. The van der Waals surface area contributed by atoms with E-state index in [1.54, 1.807) is 26.8 Å². The van der Waals surface area contributed by atoms with E-state index in [9.17, 15) is 14.9 Å². The van der Waals surface area contributed by atoms with E-state index >= 15 is 0 Å². The number of fused-ring (bicyclic) bond motifs is 1. The number of alkyl halides is 1. The number of nitro benzene ring substituents is 1. The number of non-ortho nitro benzene ring substituents is 1. The number of rotatable bonds is 2. The molecule has 0 aliphatic carbocycles. The number of carbonyl (C=O) groups excluding carboxylic acids is 1. The number of carbonyl (C=O) groups is 1. The molecule has 0 fully saturated rings. The van der Waals surface area contributed by atoms with Gasteiger partial charge in [-0.15, -0.1) is 0 Å². The van der Waals surface area contributed by atoms with Crippen LogP contribution in [0.5, 0.6) is 0 Å². The Morgan fingerprint density at radius 1 is 1.48 bits per heavy atom. The molecule has 1 aromatic heterocycles. The van der Waals surface area contributed by atoms with Crippen molar-refractivity contribution in [3.8, 4) is 0 Å². The number of benzene rings is 1. The summed E-state index contributed by atoms with van der Waals surface area (Å²) in [5.74, 6) is 0.355. The summed E-state index contributed by atoms with van der Waals surface area (Å²) in [5.41, 5.74) is -0.366. The van der Waals surface area contributed by atoms with Gasteiger partial charge in [0.1, 0.15) is 11.4 Å². The van der Waals surface area contributed by atoms with Crippen LogP contribution in [0.1, 0.15) is 26.6 Å². The van der Waals surface area contributed by atoms with Crippen molar-refractivity contribution in [1.29, 1.82) is 0 Å². The average molecular weight is 356 g/mol. The van der Waals surface area contributed by atoms with Crippen molar-refractivity contribution in [2.24, 2.45) is 0 Å². The van der Waals surface area contributed by atoms with Gasteiger partial charge in [0.15, 0.2) is 5.52 Å². The molecule has 0 aliphatic heterocycles. The number of ether oxygens (including phenoxy) is 1. The van der Waals surface area contributed by atoms with Crippen LogP contribution in [-0.4, -0.2) is 26.2 Å². The summed E-state index contributed by atoms with van der Waals surface area (Å²) in [6, 6.07) is 4.49. The molecule has 1 heterocycles. The quantitative estimate of drug-likeness (QED) is 0.466. The van der Waals surface area contributed by atoms with Crippen LogP contribution >= 0.6 is 15.9 Å². The van der Waals surface area contributed by atoms with Gasteiger partial charge in [0.05, 0.1) is 15.8 Å². The number of hydrogen-bond acceptors (Lipinski definition) is 5. The van der Waals surface area contributed by atoms with Crippen LogP contribution < -0.4 is 0 Å². The van der Waals surface area contributed by atoms with Crippen molar-refractivity contribution in [2.75, 3.05) is 0 Å². The van der Waals surface area contributed by atoms with Crippen molar-refractivity contribution >= 4 is 38.7 Å². The van der Waals surface area contributed by atoms with Crippen molar-refractivity contribution < 1.29 is 14.5 Å². The first-order chi connectivity index (χ1) is 9.74. The molecule has 0 atom stereocenters. The second-order valence-electron chi connectivity index (χ2n) is 5.38. The van der Waals surface area contributed by atoms with Gasteiger partial charge in [-0.05, 0) is 26.8 Å². The normalized spacial score (nSPS) is 11.6. The lowest BCUT2D eigenvalue weighted by atomic mass is 10.2. The Hall–Kier alpha value is -1.96. The molecule has 0 radical (unpaired) electrons. The van der Waals surface area contributed by atoms with E-state index in [0.717, 1.165) is 4.57 Å². The Morgan fingerprint density at radius 3 is 2.67 bits per heavy atom. The van der Waals surface area contributed by atoms with Gasteiger partial charge in [-0.3, -0.25) is 10.1 Å². The van der Waals surface area contributed by atoms with Gasteiger partial charge in [-0.25, -0.2) is 14.3 Å². The predicted octanol–water partition coefficient (Wildman–Crippen LogP) is 3.62. The zero-order valence-corrected chi connectivity index (χ0v) is 13.4. The zero-order chi connectivity index (χ0) is 15.8. The number of hydrogen-bond donors (Lipinski definition) is 0. The molecule has 0 spiro atoms. The minimum Gasteiger partial charge on any atom is -0.443 e. The topological polar surface area (TPSA) is 87.3 Å². The number of nitro groups is 1. The fraction of sp³-hybridized carbons (Fsp3) is 0.385. The summed E-state index contributed by atoms with van der Waals surface area (Å²) >= 11 is 3.24. The lowest BCUT2D eigenvalue weighted by Crippen LogP contribution is -2.28. The van der Waals surface area contributed by atoms with E-state index in [1.807, 2.05) is 0 Å². The zero-order valence-electron chi connectivity index (χ0n) is 11.8. The maximum atomic E-state index is 12.3. The Morgan fingerprint density at radius 2 is 2.14 bits per heavy atom. The van der Waals surface area contributed by atoms with Crippen molar-refractivity contribution in [3.05, 3.63) is 34.1 Å². The van der Waals surface area contributed by atoms with Gasteiger partial charge >= 0.3 is 6.09 Å². The molecule has 7 nitrogen and oxygen atoms in total. The van der Waals surface area contributed by atoms with E-state index in [-0.39, 0.29) is 16.5 Å². The first-order valence-electron chi connectivity index (χ1n) is 6.18. The Labute approximate surface area is 129 Å². The van der Waals surface area contributed by atoms with Gasteiger partial charge in [-0.2, -0.15) is 0 Å². The highest BCUT2D eigenvalue weighted by atomic mass is 79.9. The molecule has 0 N–H and O–H groups in total. The second-order valence-corrected chi connectivity index (χ2v) is 5.94. The number of nitrogens with zero attached hydrogens (tertiary/aromatic N) is 3. The summed E-state index contributed by atoms with van der Waals surface area (Å²) in [7, 11) is 0. The van der Waals surface area contributed by atoms with Gasteiger partial charge < -0.3 is 4.74 Å². The van der Waals surface area contributed by atoms with E-state index in [1.165, 1.54) is 12.1 Å². The highest BCUT2D eigenvalue weighted by Crippen LogP contribution is 2.28. The Balaban J connectivity index is 2.70. The minimum absolute atomic E-state index is 0.145. The number of para-hydroxylation sites is 1. The van der Waals surface area contributed by atoms with Gasteiger partial charge in [0, 0.05) is 6.07 Å². The van der Waals surface area contributed by atoms with Crippen molar-refractivity contribution in [3.63, 3.8) is 0 Å². The average Bonchev–Trinajstić information content (AvgIpc) is 2.74. The molecule has 8 heteroatoms. The largest absolute Gasteiger partial charge is 0.443 e. The lowest BCUT2D eigenvalue weighted by Gasteiger charge is -2.20. The van der Waals surface area contributed by atoms with Crippen LogP contribution in [0.4, 0.5) is 10.5 Å². The first kappa shape index (κ1) is 15.4. The van der Waals surface area contributed by atoms with Gasteiger partial charge in [0.2, 0.25) is 0 Å². The molecule has 21 heavy (non-hydrogen) atoms. The molecule has 2 aromatic rings. The summed E-state index contributed by atoms with van der Waals surface area (Å²) < 4.78 is 6.45. The molecule has 0 saturated carbocycles. The Bertz CT molecular complexity index is 718. The summed E-state index contributed by atoms with van der Waals surface area (Å²) in [6.45, 7) is 5.19. The van der Waals surface area contributed by atoms with Crippen molar-refractivity contribution in [1.82, 2.24) is 9.55 Å². The monoisotopic (exact) mass is 355 g/mol. The minimum atomic E-state index is -0.708. The molecule has 0 saturated heterocycles. The lowest BCUT2D eigenvalue weighted by molar-refractivity contribution is -0.383. The fourth-order valence-corrected chi connectivity index (χ4v) is 2.27. The van der Waals surface area contributed by atoms with Crippen LogP contribution in [0.3, 0.4) is 0 Å². The molecular formula is C13H14BrN3O4. The van der Waals surface area contributed by atoms with Crippen LogP contribution in [0.2, 0.25) is 0 Å². The van der Waals surface area contributed by atoms with Crippen molar-refractivity contribution in [2.45, 2.75) is 31.7 Å². The fourth-order valence-electron chi connectivity index (χ4n) is 1.90. The maximum Gasteiger partial charge on any atom is 0.420 e. The van der Waals surface area contributed by atoms with E-state index in [2.05, 4.69) is 20.9 Å². The third kappa shape index (κ3) is 3.05. The van der Waals surface area contributed by atoms with E-state index < -0.39 is 16.6 Å². The number of imidazole rings is 1. The van der Waals surface area contributed by atoms with Crippen LogP contribution in [0, 0.1) is 10.1 Å².